The van der Waals surface area contributed by atoms with Crippen LogP contribution in [0, 0.1) is 0 Å². The van der Waals surface area contributed by atoms with Gasteiger partial charge in [0.2, 0.25) is 10.0 Å². The van der Waals surface area contributed by atoms with Crippen LogP contribution in [0.3, 0.4) is 0 Å². The first-order chi connectivity index (χ1) is 14.6. The summed E-state index contributed by atoms with van der Waals surface area (Å²) in [5.74, 6) is 0. The van der Waals surface area contributed by atoms with Crippen molar-refractivity contribution in [3.05, 3.63) is 77.9 Å². The Morgan fingerprint density at radius 2 is 1.53 bits per heavy atom. The molecule has 3 aromatic rings. The van der Waals surface area contributed by atoms with Crippen LogP contribution >= 0.6 is 0 Å². The van der Waals surface area contributed by atoms with Crippen molar-refractivity contribution >= 4 is 20.8 Å². The average molecular weight is 423 g/mol. The highest BCUT2D eigenvalue weighted by Gasteiger charge is 2.15. The number of nitrogens with one attached hydrogen (secondary N) is 1. The smallest absolute Gasteiger partial charge is 0.240 e. The lowest BCUT2D eigenvalue weighted by Gasteiger charge is -2.28. The summed E-state index contributed by atoms with van der Waals surface area (Å²) in [7, 11) is -3.45. The molecule has 0 saturated heterocycles. The van der Waals surface area contributed by atoms with Gasteiger partial charge in [-0.25, -0.2) is 13.1 Å². The van der Waals surface area contributed by atoms with E-state index in [-0.39, 0.29) is 0 Å². The Hall–Kier alpha value is -2.21. The Kier molecular flexibility index (Phi) is 6.82. The lowest BCUT2D eigenvalue weighted by Crippen LogP contribution is -2.31. The van der Waals surface area contributed by atoms with E-state index in [1.807, 2.05) is 30.3 Å². The molecule has 4 nitrogen and oxygen atoms in total. The number of sulfonamides is 1. The number of rotatable bonds is 9. The summed E-state index contributed by atoms with van der Waals surface area (Å²) in [6.07, 6.45) is 5.36. The van der Waals surface area contributed by atoms with E-state index in [1.54, 1.807) is 12.1 Å². The molecular weight excluding hydrogens is 392 g/mol. The zero-order valence-electron chi connectivity index (χ0n) is 17.4. The van der Waals surface area contributed by atoms with Crippen molar-refractivity contribution in [2.24, 2.45) is 0 Å². The Balaban J connectivity index is 1.15. The molecule has 1 heterocycles. The Morgan fingerprint density at radius 3 is 2.40 bits per heavy atom. The fourth-order valence-corrected chi connectivity index (χ4v) is 5.29. The SMILES string of the molecule is O=S(=O)(NCCCCCCN1CCc2ccccc2C1)c1ccc2ccccc2c1. The van der Waals surface area contributed by atoms with Crippen molar-refractivity contribution in [1.29, 1.82) is 0 Å². The van der Waals surface area contributed by atoms with E-state index in [1.165, 1.54) is 17.5 Å². The fourth-order valence-electron chi connectivity index (χ4n) is 4.18. The molecule has 0 aliphatic carbocycles. The van der Waals surface area contributed by atoms with Gasteiger partial charge in [-0.05, 0) is 59.8 Å². The Bertz CT molecular complexity index is 1100. The third kappa shape index (κ3) is 5.28. The quantitative estimate of drug-likeness (QED) is 0.507. The first kappa shape index (κ1) is 21.0. The van der Waals surface area contributed by atoms with Gasteiger partial charge >= 0.3 is 0 Å². The van der Waals surface area contributed by atoms with Crippen molar-refractivity contribution in [2.75, 3.05) is 19.6 Å². The predicted octanol–water partition coefficient (Wildman–Crippen LogP) is 4.74. The first-order valence-corrected chi connectivity index (χ1v) is 12.4. The van der Waals surface area contributed by atoms with E-state index in [0.717, 1.165) is 56.1 Å². The van der Waals surface area contributed by atoms with E-state index in [2.05, 4.69) is 33.9 Å². The summed E-state index contributed by atoms with van der Waals surface area (Å²) in [6.45, 7) is 3.81. The number of benzene rings is 3. The lowest BCUT2D eigenvalue weighted by atomic mass is 10.00. The minimum Gasteiger partial charge on any atom is -0.299 e. The maximum Gasteiger partial charge on any atom is 0.240 e. The van der Waals surface area contributed by atoms with Crippen LogP contribution in [0.4, 0.5) is 0 Å². The maximum atomic E-state index is 12.6. The second kappa shape index (κ2) is 9.73. The monoisotopic (exact) mass is 422 g/mol. The van der Waals surface area contributed by atoms with Crippen molar-refractivity contribution in [3.8, 4) is 0 Å². The molecule has 0 unspecified atom stereocenters. The molecule has 0 bridgehead atoms. The van der Waals surface area contributed by atoms with Crippen LogP contribution in [0.25, 0.3) is 10.8 Å². The van der Waals surface area contributed by atoms with Gasteiger partial charge in [0.15, 0.2) is 0 Å². The van der Waals surface area contributed by atoms with E-state index in [4.69, 9.17) is 0 Å². The van der Waals surface area contributed by atoms with Gasteiger partial charge in [0.05, 0.1) is 4.90 Å². The molecule has 30 heavy (non-hydrogen) atoms. The van der Waals surface area contributed by atoms with Gasteiger partial charge in [0.1, 0.15) is 0 Å². The largest absolute Gasteiger partial charge is 0.299 e. The summed E-state index contributed by atoms with van der Waals surface area (Å²) >= 11 is 0. The molecule has 0 aromatic heterocycles. The molecular formula is C25H30N2O2S. The van der Waals surface area contributed by atoms with E-state index in [0.29, 0.717) is 11.4 Å². The first-order valence-electron chi connectivity index (χ1n) is 10.9. The molecule has 5 heteroatoms. The van der Waals surface area contributed by atoms with Crippen LogP contribution in [-0.4, -0.2) is 33.0 Å². The van der Waals surface area contributed by atoms with Crippen molar-refractivity contribution < 1.29 is 8.42 Å². The zero-order chi connectivity index (χ0) is 20.8. The topological polar surface area (TPSA) is 49.4 Å². The van der Waals surface area contributed by atoms with Crippen molar-refractivity contribution in [2.45, 2.75) is 43.5 Å². The summed E-state index contributed by atoms with van der Waals surface area (Å²) in [5, 5.41) is 1.99. The summed E-state index contributed by atoms with van der Waals surface area (Å²) < 4.78 is 27.9. The second-order valence-corrected chi connectivity index (χ2v) is 9.88. The molecule has 0 spiro atoms. The van der Waals surface area contributed by atoms with Crippen LogP contribution in [0.2, 0.25) is 0 Å². The van der Waals surface area contributed by atoms with Gasteiger partial charge in [-0.1, -0.05) is 67.4 Å². The van der Waals surface area contributed by atoms with Crippen LogP contribution in [0.1, 0.15) is 36.8 Å². The van der Waals surface area contributed by atoms with Crippen molar-refractivity contribution in [3.63, 3.8) is 0 Å². The molecule has 0 amide bonds. The Labute approximate surface area is 180 Å². The van der Waals surface area contributed by atoms with E-state index >= 15 is 0 Å². The third-order valence-electron chi connectivity index (χ3n) is 5.93. The zero-order valence-corrected chi connectivity index (χ0v) is 18.2. The number of hydrogen-bond acceptors (Lipinski definition) is 3. The van der Waals surface area contributed by atoms with Crippen LogP contribution in [0.15, 0.2) is 71.6 Å². The van der Waals surface area contributed by atoms with Gasteiger partial charge in [-0.3, -0.25) is 4.90 Å². The molecule has 1 N–H and O–H groups in total. The minimum absolute atomic E-state index is 0.339. The minimum atomic E-state index is -3.45. The summed E-state index contributed by atoms with van der Waals surface area (Å²) in [5.41, 5.74) is 2.96. The number of nitrogens with zero attached hydrogens (tertiary/aromatic N) is 1. The lowest BCUT2D eigenvalue weighted by molar-refractivity contribution is 0.248. The highest BCUT2D eigenvalue weighted by molar-refractivity contribution is 7.89. The molecule has 3 aromatic carbocycles. The molecule has 0 saturated carbocycles. The molecule has 158 valence electrons. The van der Waals surface area contributed by atoms with E-state index < -0.39 is 10.0 Å². The fraction of sp³-hybridized carbons (Fsp3) is 0.360. The molecule has 1 aliphatic rings. The van der Waals surface area contributed by atoms with Crippen LogP contribution in [0.5, 0.6) is 0 Å². The van der Waals surface area contributed by atoms with Gasteiger partial charge < -0.3 is 0 Å². The van der Waals surface area contributed by atoms with E-state index in [9.17, 15) is 8.42 Å². The molecule has 0 atom stereocenters. The van der Waals surface area contributed by atoms with Gasteiger partial charge in [0.25, 0.3) is 0 Å². The van der Waals surface area contributed by atoms with Gasteiger partial charge in [-0.2, -0.15) is 0 Å². The number of hydrogen-bond donors (Lipinski definition) is 1. The molecule has 0 radical (unpaired) electrons. The third-order valence-corrected chi connectivity index (χ3v) is 7.39. The number of unbranched alkanes of at least 4 members (excludes halogenated alkanes) is 3. The molecule has 4 rings (SSSR count). The number of fused-ring (bicyclic) bond motifs is 2. The maximum absolute atomic E-state index is 12.6. The molecule has 0 fully saturated rings. The standard InChI is InChI=1S/C25H30N2O2S/c28-30(29,25-14-13-21-9-3-5-11-23(21)19-25)26-16-7-1-2-8-17-27-18-15-22-10-4-6-12-24(22)20-27/h3-6,9-14,19,26H,1-2,7-8,15-18,20H2. The highest BCUT2D eigenvalue weighted by Crippen LogP contribution is 2.20. The summed E-state index contributed by atoms with van der Waals surface area (Å²) in [4.78, 5) is 2.87. The normalized spacial score (nSPS) is 14.7. The van der Waals surface area contributed by atoms with Gasteiger partial charge in [0, 0.05) is 19.6 Å². The predicted molar refractivity (Wildman–Crippen MR) is 123 cm³/mol. The van der Waals surface area contributed by atoms with Gasteiger partial charge in [-0.15, -0.1) is 0 Å². The second-order valence-electron chi connectivity index (χ2n) is 8.12. The highest BCUT2D eigenvalue weighted by atomic mass is 32.2. The molecule has 1 aliphatic heterocycles. The summed E-state index contributed by atoms with van der Waals surface area (Å²) in [6, 6.07) is 21.8. The average Bonchev–Trinajstić information content (AvgIpc) is 2.78. The van der Waals surface area contributed by atoms with Crippen LogP contribution in [-0.2, 0) is 23.0 Å². The Morgan fingerprint density at radius 1 is 0.800 bits per heavy atom. The van der Waals surface area contributed by atoms with Crippen LogP contribution < -0.4 is 4.72 Å². The van der Waals surface area contributed by atoms with Crippen molar-refractivity contribution in [1.82, 2.24) is 9.62 Å².